The zero-order chi connectivity index (χ0) is 17.3. The summed E-state index contributed by atoms with van der Waals surface area (Å²) in [7, 11) is -3.15. The molecule has 0 spiro atoms. The molecule has 2 aliphatic rings. The number of nitrogens with zero attached hydrogens (tertiary/aromatic N) is 3. The maximum Gasteiger partial charge on any atom is 0.272 e. The number of sulfone groups is 1. The number of hydrogen-bond acceptors (Lipinski definition) is 7. The highest BCUT2D eigenvalue weighted by atomic mass is 32.2. The van der Waals surface area contributed by atoms with Crippen LogP contribution in [0.4, 0.5) is 5.00 Å². The molecule has 2 aliphatic heterocycles. The molecule has 1 saturated heterocycles. The fourth-order valence-electron chi connectivity index (χ4n) is 2.66. The summed E-state index contributed by atoms with van der Waals surface area (Å²) < 4.78 is 23.2. The molecule has 0 unspecified atom stereocenters. The van der Waals surface area contributed by atoms with Crippen molar-refractivity contribution in [2.45, 2.75) is 25.3 Å². The molecule has 1 aromatic rings. The van der Waals surface area contributed by atoms with Gasteiger partial charge in [-0.15, -0.1) is 11.3 Å². The van der Waals surface area contributed by atoms with E-state index in [9.17, 15) is 18.0 Å². The molecule has 24 heavy (non-hydrogen) atoms. The van der Waals surface area contributed by atoms with E-state index >= 15 is 0 Å². The van der Waals surface area contributed by atoms with Gasteiger partial charge < -0.3 is 5.32 Å². The lowest BCUT2D eigenvalue weighted by Crippen LogP contribution is -2.42. The van der Waals surface area contributed by atoms with Crippen molar-refractivity contribution in [3.05, 3.63) is 17.0 Å². The van der Waals surface area contributed by atoms with Gasteiger partial charge in [0.1, 0.15) is 16.8 Å². The molecule has 1 N–H and O–H groups in total. The Hall–Kier alpha value is -2.25. The minimum absolute atomic E-state index is 0.0270. The lowest BCUT2D eigenvalue weighted by Gasteiger charge is -2.27. The average Bonchev–Trinajstić information content (AvgIpc) is 3.13. The van der Waals surface area contributed by atoms with Crippen molar-refractivity contribution in [1.29, 1.82) is 5.26 Å². The van der Waals surface area contributed by atoms with Gasteiger partial charge >= 0.3 is 0 Å². The number of nitrogens with one attached hydrogen (secondary N) is 1. The van der Waals surface area contributed by atoms with Gasteiger partial charge in [-0.2, -0.15) is 10.4 Å². The van der Waals surface area contributed by atoms with E-state index in [2.05, 4.69) is 10.4 Å². The zero-order valence-electron chi connectivity index (χ0n) is 12.6. The summed E-state index contributed by atoms with van der Waals surface area (Å²) in [4.78, 5) is 24.4. The summed E-state index contributed by atoms with van der Waals surface area (Å²) in [5.74, 6) is -0.852. The number of hydrogen-bond donors (Lipinski definition) is 1. The summed E-state index contributed by atoms with van der Waals surface area (Å²) in [5, 5.41) is 18.9. The number of amides is 2. The second-order valence-corrected chi connectivity index (χ2v) is 8.72. The molecule has 0 radical (unpaired) electrons. The topological polar surface area (TPSA) is 120 Å². The maximum atomic E-state index is 12.3. The first-order valence-corrected chi connectivity index (χ1v) is 9.98. The number of rotatable bonds is 3. The largest absolute Gasteiger partial charge is 0.311 e. The van der Waals surface area contributed by atoms with Crippen LogP contribution in [0.25, 0.3) is 0 Å². The van der Waals surface area contributed by atoms with Crippen molar-refractivity contribution in [3.8, 4) is 6.07 Å². The first-order chi connectivity index (χ1) is 11.4. The van der Waals surface area contributed by atoms with Crippen LogP contribution >= 0.6 is 11.3 Å². The van der Waals surface area contributed by atoms with Gasteiger partial charge in [0, 0.05) is 12.8 Å². The predicted octanol–water partition coefficient (Wildman–Crippen LogP) is 0.724. The summed E-state index contributed by atoms with van der Waals surface area (Å²) in [6, 6.07) is 3.07. The molecule has 1 fully saturated rings. The highest BCUT2D eigenvalue weighted by Gasteiger charge is 2.37. The molecule has 3 heterocycles. The van der Waals surface area contributed by atoms with Crippen LogP contribution in [0.15, 0.2) is 16.5 Å². The first kappa shape index (κ1) is 16.6. The van der Waals surface area contributed by atoms with E-state index < -0.39 is 21.8 Å². The summed E-state index contributed by atoms with van der Waals surface area (Å²) in [5.41, 5.74) is 0.524. The molecule has 8 nitrogen and oxygen atoms in total. The molecular weight excluding hydrogens is 352 g/mol. The Labute approximate surface area is 142 Å². The minimum atomic E-state index is -3.15. The van der Waals surface area contributed by atoms with Gasteiger partial charge in [0.15, 0.2) is 9.84 Å². The average molecular weight is 366 g/mol. The Morgan fingerprint density at radius 1 is 1.46 bits per heavy atom. The normalized spacial score (nSPS) is 22.8. The highest BCUT2D eigenvalue weighted by Crippen LogP contribution is 2.24. The Morgan fingerprint density at radius 2 is 2.25 bits per heavy atom. The minimum Gasteiger partial charge on any atom is -0.311 e. The number of nitriles is 1. The van der Waals surface area contributed by atoms with E-state index in [-0.39, 0.29) is 36.0 Å². The van der Waals surface area contributed by atoms with Gasteiger partial charge in [0.2, 0.25) is 5.91 Å². The van der Waals surface area contributed by atoms with E-state index in [0.717, 1.165) is 5.01 Å². The van der Waals surface area contributed by atoms with Crippen molar-refractivity contribution in [1.82, 2.24) is 5.01 Å². The van der Waals surface area contributed by atoms with E-state index in [1.807, 2.05) is 6.07 Å². The number of thiophene rings is 1. The van der Waals surface area contributed by atoms with Crippen molar-refractivity contribution >= 4 is 43.7 Å². The zero-order valence-corrected chi connectivity index (χ0v) is 14.2. The number of carbonyl (C=O) groups is 2. The molecule has 0 aromatic carbocycles. The molecule has 0 aliphatic carbocycles. The Balaban J connectivity index is 1.78. The summed E-state index contributed by atoms with van der Waals surface area (Å²) >= 11 is 1.22. The Morgan fingerprint density at radius 3 is 2.92 bits per heavy atom. The first-order valence-electron chi connectivity index (χ1n) is 7.28. The number of carbonyl (C=O) groups excluding carboxylic acids is 2. The van der Waals surface area contributed by atoms with Crippen molar-refractivity contribution in [2.24, 2.45) is 5.10 Å². The van der Waals surface area contributed by atoms with E-state index in [0.29, 0.717) is 17.0 Å². The molecular formula is C14H14N4O4S2. The molecule has 0 saturated carbocycles. The highest BCUT2D eigenvalue weighted by molar-refractivity contribution is 7.91. The van der Waals surface area contributed by atoms with Crippen LogP contribution in [0, 0.1) is 11.3 Å². The van der Waals surface area contributed by atoms with Crippen molar-refractivity contribution in [2.75, 3.05) is 16.8 Å². The molecule has 126 valence electrons. The smallest absolute Gasteiger partial charge is 0.272 e. The van der Waals surface area contributed by atoms with E-state index in [4.69, 9.17) is 5.26 Å². The van der Waals surface area contributed by atoms with Crippen LogP contribution in [0.5, 0.6) is 0 Å². The number of hydrazone groups is 1. The lowest BCUT2D eigenvalue weighted by molar-refractivity contribution is -0.133. The van der Waals surface area contributed by atoms with Gasteiger partial charge in [-0.3, -0.25) is 9.59 Å². The van der Waals surface area contributed by atoms with Crippen LogP contribution < -0.4 is 5.32 Å². The van der Waals surface area contributed by atoms with Crippen LogP contribution in [0.2, 0.25) is 0 Å². The van der Waals surface area contributed by atoms with Gasteiger partial charge in [0.05, 0.1) is 23.1 Å². The molecule has 1 atom stereocenters. The second-order valence-electron chi connectivity index (χ2n) is 5.57. The van der Waals surface area contributed by atoms with E-state index in [1.54, 1.807) is 11.4 Å². The fourth-order valence-corrected chi connectivity index (χ4v) is 5.08. The summed E-state index contributed by atoms with van der Waals surface area (Å²) in [6.45, 7) is 0. The monoisotopic (exact) mass is 366 g/mol. The molecule has 2 amide bonds. The van der Waals surface area contributed by atoms with E-state index in [1.165, 1.54) is 11.3 Å². The van der Waals surface area contributed by atoms with Gasteiger partial charge in [-0.25, -0.2) is 13.4 Å². The lowest BCUT2D eigenvalue weighted by atomic mass is 10.1. The molecule has 3 rings (SSSR count). The molecule has 10 heteroatoms. The Bertz CT molecular complexity index is 866. The van der Waals surface area contributed by atoms with Gasteiger partial charge in [-0.05, 0) is 17.9 Å². The van der Waals surface area contributed by atoms with Crippen LogP contribution in [-0.2, 0) is 19.4 Å². The third-order valence-corrected chi connectivity index (χ3v) is 6.47. The molecule has 0 bridgehead atoms. The van der Waals surface area contributed by atoms with Crippen LogP contribution in [0.1, 0.15) is 24.8 Å². The van der Waals surface area contributed by atoms with Crippen molar-refractivity contribution < 1.29 is 18.0 Å². The Kier molecular flexibility index (Phi) is 4.38. The quantitative estimate of drug-likeness (QED) is 0.845. The summed E-state index contributed by atoms with van der Waals surface area (Å²) in [6.07, 6.45) is 0.627. The van der Waals surface area contributed by atoms with Gasteiger partial charge in [0.25, 0.3) is 5.91 Å². The standard InChI is InChI=1S/C14H14N4O4S2/c15-7-9-3-5-23-14(9)16-13(20)11-1-2-12(19)18(17-11)10-4-6-24(21,22)8-10/h3,5,10H,1-2,4,6,8H2,(H,16,20)/t10-/m0/s1. The molecule has 1 aromatic heterocycles. The fraction of sp³-hybridized carbons (Fsp3) is 0.429. The van der Waals surface area contributed by atoms with Crippen molar-refractivity contribution in [3.63, 3.8) is 0 Å². The van der Waals surface area contributed by atoms with Crippen LogP contribution in [-0.4, -0.2) is 48.5 Å². The third-order valence-electron chi connectivity index (χ3n) is 3.89. The second kappa shape index (κ2) is 6.33. The van der Waals surface area contributed by atoms with Crippen LogP contribution in [0.3, 0.4) is 0 Å². The maximum absolute atomic E-state index is 12.3. The van der Waals surface area contributed by atoms with Gasteiger partial charge in [-0.1, -0.05) is 0 Å². The predicted molar refractivity (Wildman–Crippen MR) is 88.2 cm³/mol. The SMILES string of the molecule is N#Cc1ccsc1NC(=O)C1=NN([C@H]2CCS(=O)(=O)C2)C(=O)CC1. The third kappa shape index (κ3) is 3.32. The number of anilines is 1.